The van der Waals surface area contributed by atoms with Crippen molar-refractivity contribution in [3.8, 4) is 0 Å². The Bertz CT molecular complexity index is 355. The number of hydrazone groups is 1. The van der Waals surface area contributed by atoms with Crippen molar-refractivity contribution < 1.29 is 0 Å². The Morgan fingerprint density at radius 1 is 1.36 bits per heavy atom. The first-order chi connectivity index (χ1) is 6.79. The molecule has 1 aromatic rings. The molecule has 4 nitrogen and oxygen atoms in total. The summed E-state index contributed by atoms with van der Waals surface area (Å²) in [5.74, 6) is 0. The Morgan fingerprint density at radius 3 is 2.64 bits per heavy atom. The maximum Gasteiger partial charge on any atom is 0.117 e. The topological polar surface area (TPSA) is 44.9 Å². The second-order valence-electron chi connectivity index (χ2n) is 3.06. The summed E-state index contributed by atoms with van der Waals surface area (Å²) < 4.78 is 0. The van der Waals surface area contributed by atoms with Crippen LogP contribution < -0.4 is 10.6 Å². The molecular weight excluding hydrogens is 176 g/mol. The van der Waals surface area contributed by atoms with Crippen LogP contribution in [-0.2, 0) is 0 Å². The van der Waals surface area contributed by atoms with E-state index in [1.807, 2.05) is 29.2 Å². The molecule has 1 aromatic carbocycles. The molecular formula is C10H12N4. The predicted molar refractivity (Wildman–Crippen MR) is 58.7 cm³/mol. The highest BCUT2D eigenvalue weighted by Crippen LogP contribution is 2.17. The van der Waals surface area contributed by atoms with Crippen LogP contribution in [0.25, 0.3) is 0 Å². The van der Waals surface area contributed by atoms with Gasteiger partial charge in [0, 0.05) is 17.6 Å². The van der Waals surface area contributed by atoms with E-state index in [0.29, 0.717) is 6.67 Å². The lowest BCUT2D eigenvalue weighted by Crippen LogP contribution is -2.23. The third-order valence-corrected chi connectivity index (χ3v) is 2.07. The van der Waals surface area contributed by atoms with E-state index >= 15 is 0 Å². The van der Waals surface area contributed by atoms with Crippen molar-refractivity contribution in [1.82, 2.24) is 5.01 Å². The van der Waals surface area contributed by atoms with Gasteiger partial charge in [-0.3, -0.25) is 5.01 Å². The van der Waals surface area contributed by atoms with Gasteiger partial charge < -0.3 is 10.6 Å². The number of hydrogen-bond donors (Lipinski definition) is 1. The third-order valence-electron chi connectivity index (χ3n) is 2.07. The SMILES string of the molecule is C=CN1CN(c2ccc(N)cc2)C=N1. The standard InChI is InChI=1S/C10H12N4/c1-2-14-8-13(7-12-14)10-5-3-9(11)4-6-10/h2-7H,1,8,11H2. The number of rotatable bonds is 2. The van der Waals surface area contributed by atoms with Crippen LogP contribution in [0.1, 0.15) is 0 Å². The fourth-order valence-electron chi connectivity index (χ4n) is 1.28. The van der Waals surface area contributed by atoms with Crippen molar-refractivity contribution in [1.29, 1.82) is 0 Å². The van der Waals surface area contributed by atoms with E-state index in [-0.39, 0.29) is 0 Å². The highest BCUT2D eigenvalue weighted by Gasteiger charge is 2.12. The van der Waals surface area contributed by atoms with E-state index < -0.39 is 0 Å². The summed E-state index contributed by atoms with van der Waals surface area (Å²) in [7, 11) is 0. The molecule has 0 amide bonds. The average Bonchev–Trinajstić information content (AvgIpc) is 2.67. The monoisotopic (exact) mass is 188 g/mol. The van der Waals surface area contributed by atoms with Crippen molar-refractivity contribution in [2.45, 2.75) is 0 Å². The molecule has 14 heavy (non-hydrogen) atoms. The second-order valence-corrected chi connectivity index (χ2v) is 3.06. The Kier molecular flexibility index (Phi) is 2.10. The minimum absolute atomic E-state index is 0.702. The molecule has 0 saturated heterocycles. The molecule has 0 radical (unpaired) electrons. The van der Waals surface area contributed by atoms with Crippen molar-refractivity contribution in [2.24, 2.45) is 5.10 Å². The van der Waals surface area contributed by atoms with Crippen molar-refractivity contribution in [3.05, 3.63) is 37.0 Å². The smallest absolute Gasteiger partial charge is 0.117 e. The third kappa shape index (κ3) is 1.54. The lowest BCUT2D eigenvalue weighted by molar-refractivity contribution is 0.442. The number of anilines is 2. The molecule has 2 N–H and O–H groups in total. The molecule has 0 aromatic heterocycles. The zero-order chi connectivity index (χ0) is 9.97. The highest BCUT2D eigenvalue weighted by atomic mass is 15.6. The summed E-state index contributed by atoms with van der Waals surface area (Å²) in [5, 5.41) is 5.88. The molecule has 0 spiro atoms. The normalized spacial score (nSPS) is 14.9. The van der Waals surface area contributed by atoms with Crippen LogP contribution in [0.5, 0.6) is 0 Å². The van der Waals surface area contributed by atoms with Gasteiger partial charge in [-0.1, -0.05) is 6.58 Å². The van der Waals surface area contributed by atoms with Gasteiger partial charge in [0.2, 0.25) is 0 Å². The quantitative estimate of drug-likeness (QED) is 0.714. The van der Waals surface area contributed by atoms with Gasteiger partial charge in [0.25, 0.3) is 0 Å². The molecule has 2 rings (SSSR count). The predicted octanol–water partition coefficient (Wildman–Crippen LogP) is 1.44. The van der Waals surface area contributed by atoms with Crippen LogP contribution >= 0.6 is 0 Å². The molecule has 0 bridgehead atoms. The van der Waals surface area contributed by atoms with E-state index in [4.69, 9.17) is 5.73 Å². The first-order valence-electron chi connectivity index (χ1n) is 4.35. The van der Waals surface area contributed by atoms with Crippen LogP contribution in [0.4, 0.5) is 11.4 Å². The molecule has 1 heterocycles. The largest absolute Gasteiger partial charge is 0.399 e. The summed E-state index contributed by atoms with van der Waals surface area (Å²) >= 11 is 0. The number of benzene rings is 1. The highest BCUT2D eigenvalue weighted by molar-refractivity contribution is 5.80. The molecule has 72 valence electrons. The van der Waals surface area contributed by atoms with E-state index in [2.05, 4.69) is 11.7 Å². The molecule has 0 fully saturated rings. The van der Waals surface area contributed by atoms with E-state index in [9.17, 15) is 0 Å². The van der Waals surface area contributed by atoms with Gasteiger partial charge in [0.1, 0.15) is 13.0 Å². The lowest BCUT2D eigenvalue weighted by Gasteiger charge is -2.16. The summed E-state index contributed by atoms with van der Waals surface area (Å²) in [6, 6.07) is 7.68. The minimum atomic E-state index is 0.702. The van der Waals surface area contributed by atoms with Gasteiger partial charge in [0.05, 0.1) is 0 Å². The summed E-state index contributed by atoms with van der Waals surface area (Å²) in [4.78, 5) is 2.02. The first-order valence-corrected chi connectivity index (χ1v) is 4.35. The Morgan fingerprint density at radius 2 is 2.07 bits per heavy atom. The van der Waals surface area contributed by atoms with Gasteiger partial charge in [-0.05, 0) is 24.3 Å². The molecule has 0 unspecified atom stereocenters. The molecule has 4 heteroatoms. The summed E-state index contributed by atoms with van der Waals surface area (Å²) in [6.07, 6.45) is 3.46. The van der Waals surface area contributed by atoms with Crippen molar-refractivity contribution in [2.75, 3.05) is 17.3 Å². The molecule has 0 aliphatic carbocycles. The molecule has 1 aliphatic rings. The number of nitrogens with zero attached hydrogens (tertiary/aromatic N) is 3. The van der Waals surface area contributed by atoms with Crippen LogP contribution in [0, 0.1) is 0 Å². The van der Waals surface area contributed by atoms with Gasteiger partial charge in [0.15, 0.2) is 0 Å². The molecule has 0 atom stereocenters. The minimum Gasteiger partial charge on any atom is -0.399 e. The van der Waals surface area contributed by atoms with E-state index in [1.54, 1.807) is 17.5 Å². The number of nitrogen functional groups attached to an aromatic ring is 1. The Hall–Kier alpha value is -1.97. The maximum absolute atomic E-state index is 5.60. The van der Waals surface area contributed by atoms with Gasteiger partial charge in [-0.25, -0.2) is 0 Å². The fourth-order valence-corrected chi connectivity index (χ4v) is 1.28. The molecule has 0 saturated carbocycles. The zero-order valence-electron chi connectivity index (χ0n) is 7.80. The van der Waals surface area contributed by atoms with Crippen LogP contribution in [0.2, 0.25) is 0 Å². The maximum atomic E-state index is 5.60. The fraction of sp³-hybridized carbons (Fsp3) is 0.100. The van der Waals surface area contributed by atoms with Crippen LogP contribution in [0.15, 0.2) is 42.1 Å². The average molecular weight is 188 g/mol. The van der Waals surface area contributed by atoms with Crippen LogP contribution in [0.3, 0.4) is 0 Å². The lowest BCUT2D eigenvalue weighted by atomic mass is 10.3. The number of nitrogens with two attached hydrogens (primary N) is 1. The van der Waals surface area contributed by atoms with Crippen molar-refractivity contribution >= 4 is 17.7 Å². The Labute approximate surface area is 82.9 Å². The van der Waals surface area contributed by atoms with E-state index in [1.165, 1.54) is 0 Å². The second kappa shape index (κ2) is 3.41. The summed E-state index contributed by atoms with van der Waals surface area (Å²) in [6.45, 7) is 4.35. The first kappa shape index (κ1) is 8.62. The Balaban J connectivity index is 2.14. The zero-order valence-corrected chi connectivity index (χ0v) is 7.80. The van der Waals surface area contributed by atoms with Gasteiger partial charge in [-0.15, -0.1) is 0 Å². The number of hydrogen-bond acceptors (Lipinski definition) is 4. The van der Waals surface area contributed by atoms with Gasteiger partial charge in [-0.2, -0.15) is 5.10 Å². The molecule has 1 aliphatic heterocycles. The summed E-state index contributed by atoms with van der Waals surface area (Å²) in [5.41, 5.74) is 7.45. The van der Waals surface area contributed by atoms with Gasteiger partial charge >= 0.3 is 0 Å². The van der Waals surface area contributed by atoms with Crippen molar-refractivity contribution in [3.63, 3.8) is 0 Å². The van der Waals surface area contributed by atoms with E-state index in [0.717, 1.165) is 11.4 Å². The van der Waals surface area contributed by atoms with Crippen LogP contribution in [-0.4, -0.2) is 18.0 Å².